The van der Waals surface area contributed by atoms with E-state index in [-0.39, 0.29) is 18.5 Å². The second-order valence-electron chi connectivity index (χ2n) is 8.19. The fourth-order valence-electron chi connectivity index (χ4n) is 3.89. The van der Waals surface area contributed by atoms with Gasteiger partial charge in [-0.15, -0.1) is 0 Å². The number of hydrogen-bond acceptors (Lipinski definition) is 4. The molecule has 2 aromatic carbocycles. The van der Waals surface area contributed by atoms with E-state index in [1.54, 1.807) is 24.4 Å². The molecule has 1 saturated heterocycles. The Morgan fingerprint density at radius 2 is 1.88 bits per heavy atom. The highest BCUT2D eigenvalue weighted by Gasteiger charge is 2.26. The topological polar surface area (TPSA) is 45.5 Å². The lowest BCUT2D eigenvalue weighted by Crippen LogP contribution is -2.37. The van der Waals surface area contributed by atoms with Crippen molar-refractivity contribution in [1.29, 1.82) is 0 Å². The van der Waals surface area contributed by atoms with Crippen LogP contribution in [0.5, 0.6) is 5.75 Å². The van der Waals surface area contributed by atoms with E-state index in [0.29, 0.717) is 22.4 Å². The SMILES string of the molecule is Clc1ccc(CCC(Cn2ccnc2)OC2CCCC(COc3ccc(Cl)cc3Cl)O2)cc1. The molecule has 3 atom stereocenters. The summed E-state index contributed by atoms with van der Waals surface area (Å²) >= 11 is 18.2. The fourth-order valence-corrected chi connectivity index (χ4v) is 4.48. The van der Waals surface area contributed by atoms with Gasteiger partial charge in [-0.3, -0.25) is 0 Å². The number of nitrogens with zero attached hydrogens (tertiary/aromatic N) is 2. The van der Waals surface area contributed by atoms with Crippen molar-refractivity contribution in [3.05, 3.63) is 81.8 Å². The Labute approximate surface area is 209 Å². The number of imidazole rings is 1. The van der Waals surface area contributed by atoms with E-state index in [0.717, 1.165) is 43.7 Å². The first-order chi connectivity index (χ1) is 16.0. The van der Waals surface area contributed by atoms with Crippen LogP contribution < -0.4 is 4.74 Å². The minimum atomic E-state index is -0.272. The van der Waals surface area contributed by atoms with Crippen molar-refractivity contribution >= 4 is 34.8 Å². The first-order valence-corrected chi connectivity index (χ1v) is 12.3. The zero-order valence-electron chi connectivity index (χ0n) is 18.2. The third-order valence-electron chi connectivity index (χ3n) is 5.61. The highest BCUT2D eigenvalue weighted by Crippen LogP contribution is 2.29. The van der Waals surface area contributed by atoms with Gasteiger partial charge in [0.25, 0.3) is 0 Å². The molecule has 1 aliphatic rings. The van der Waals surface area contributed by atoms with Crippen molar-refractivity contribution in [2.75, 3.05) is 6.61 Å². The molecule has 0 spiro atoms. The summed E-state index contributed by atoms with van der Waals surface area (Å²) in [5.74, 6) is 0.605. The predicted octanol–water partition coefficient (Wildman–Crippen LogP) is 6.84. The molecule has 1 aromatic heterocycles. The maximum absolute atomic E-state index is 6.44. The van der Waals surface area contributed by atoms with Gasteiger partial charge in [0.15, 0.2) is 6.29 Å². The second kappa shape index (κ2) is 12.1. The van der Waals surface area contributed by atoms with Crippen LogP contribution in [0.3, 0.4) is 0 Å². The normalized spacial score (nSPS) is 19.4. The molecule has 3 aromatic rings. The van der Waals surface area contributed by atoms with Gasteiger partial charge >= 0.3 is 0 Å². The Bertz CT molecular complexity index is 999. The van der Waals surface area contributed by atoms with Crippen LogP contribution in [-0.4, -0.2) is 34.7 Å². The predicted molar refractivity (Wildman–Crippen MR) is 131 cm³/mol. The number of benzene rings is 2. The lowest BCUT2D eigenvalue weighted by molar-refractivity contribution is -0.222. The molecule has 1 fully saturated rings. The van der Waals surface area contributed by atoms with Crippen molar-refractivity contribution < 1.29 is 14.2 Å². The number of rotatable bonds is 10. The molecule has 1 aliphatic heterocycles. The Hall–Kier alpha value is -1.76. The summed E-state index contributed by atoms with van der Waals surface area (Å²) < 4.78 is 20.6. The van der Waals surface area contributed by atoms with Crippen LogP contribution in [0.2, 0.25) is 15.1 Å². The molecule has 3 unspecified atom stereocenters. The number of aromatic nitrogens is 2. The van der Waals surface area contributed by atoms with Crippen molar-refractivity contribution in [1.82, 2.24) is 9.55 Å². The molecule has 0 radical (unpaired) electrons. The molecule has 5 nitrogen and oxygen atoms in total. The van der Waals surface area contributed by atoms with Crippen molar-refractivity contribution in [3.63, 3.8) is 0 Å². The highest BCUT2D eigenvalue weighted by atomic mass is 35.5. The van der Waals surface area contributed by atoms with Crippen LogP contribution in [0.25, 0.3) is 0 Å². The number of ether oxygens (including phenoxy) is 3. The van der Waals surface area contributed by atoms with E-state index < -0.39 is 0 Å². The Morgan fingerprint density at radius 3 is 2.64 bits per heavy atom. The summed E-state index contributed by atoms with van der Waals surface area (Å²) in [7, 11) is 0. The van der Waals surface area contributed by atoms with Gasteiger partial charge in [-0.2, -0.15) is 0 Å². The molecule has 4 rings (SSSR count). The molecule has 0 saturated carbocycles. The molecule has 0 bridgehead atoms. The molecule has 8 heteroatoms. The van der Waals surface area contributed by atoms with Crippen molar-refractivity contribution in [3.8, 4) is 5.75 Å². The quantitative estimate of drug-likeness (QED) is 0.300. The summed E-state index contributed by atoms with van der Waals surface area (Å²) in [6, 6.07) is 13.2. The number of halogens is 3. The third kappa shape index (κ3) is 7.62. The average molecular weight is 510 g/mol. The van der Waals surface area contributed by atoms with Gasteiger partial charge in [0.1, 0.15) is 12.4 Å². The van der Waals surface area contributed by atoms with Crippen LogP contribution in [0, 0.1) is 0 Å². The zero-order chi connectivity index (χ0) is 23.0. The van der Waals surface area contributed by atoms with Gasteiger partial charge in [-0.05, 0) is 68.0 Å². The van der Waals surface area contributed by atoms with Crippen LogP contribution >= 0.6 is 34.8 Å². The van der Waals surface area contributed by atoms with E-state index >= 15 is 0 Å². The zero-order valence-corrected chi connectivity index (χ0v) is 20.5. The summed E-state index contributed by atoms with van der Waals surface area (Å²) in [6.45, 7) is 1.13. The van der Waals surface area contributed by atoms with E-state index in [1.165, 1.54) is 5.56 Å². The Balaban J connectivity index is 1.32. The van der Waals surface area contributed by atoms with Gasteiger partial charge < -0.3 is 18.8 Å². The molecule has 33 heavy (non-hydrogen) atoms. The van der Waals surface area contributed by atoms with E-state index in [2.05, 4.69) is 17.1 Å². The van der Waals surface area contributed by atoms with Crippen LogP contribution in [0.15, 0.2) is 61.2 Å². The average Bonchev–Trinajstić information content (AvgIpc) is 3.31. The van der Waals surface area contributed by atoms with E-state index in [1.807, 2.05) is 29.2 Å². The first kappa shape index (κ1) is 24.4. The summed E-state index contributed by atoms with van der Waals surface area (Å²) in [6.07, 6.45) is 9.76. The maximum Gasteiger partial charge on any atom is 0.158 e. The molecule has 0 aliphatic carbocycles. The number of aryl methyl sites for hydroxylation is 1. The highest BCUT2D eigenvalue weighted by molar-refractivity contribution is 6.35. The van der Waals surface area contributed by atoms with Gasteiger partial charge in [0.2, 0.25) is 0 Å². The minimum absolute atomic E-state index is 0.00902. The van der Waals surface area contributed by atoms with E-state index in [4.69, 9.17) is 49.0 Å². The van der Waals surface area contributed by atoms with E-state index in [9.17, 15) is 0 Å². The van der Waals surface area contributed by atoms with Crippen molar-refractivity contribution in [2.24, 2.45) is 0 Å². The molecule has 0 amide bonds. The first-order valence-electron chi connectivity index (χ1n) is 11.1. The summed E-state index contributed by atoms with van der Waals surface area (Å²) in [4.78, 5) is 4.15. The Morgan fingerprint density at radius 1 is 1.06 bits per heavy atom. The molecule has 0 N–H and O–H groups in total. The number of hydrogen-bond donors (Lipinski definition) is 0. The van der Waals surface area contributed by atoms with Gasteiger partial charge in [-0.25, -0.2) is 4.98 Å². The smallest absolute Gasteiger partial charge is 0.158 e. The third-order valence-corrected chi connectivity index (χ3v) is 6.40. The largest absolute Gasteiger partial charge is 0.489 e. The summed E-state index contributed by atoms with van der Waals surface area (Å²) in [5, 5.41) is 1.82. The molecular formula is C25H27Cl3N2O3. The fraction of sp³-hybridized carbons (Fsp3) is 0.400. The monoisotopic (exact) mass is 508 g/mol. The lowest BCUT2D eigenvalue weighted by Gasteiger charge is -2.32. The minimum Gasteiger partial charge on any atom is -0.489 e. The maximum atomic E-state index is 6.44. The van der Waals surface area contributed by atoms with Crippen LogP contribution in [0.4, 0.5) is 0 Å². The Kier molecular flexibility index (Phi) is 8.93. The second-order valence-corrected chi connectivity index (χ2v) is 9.47. The van der Waals surface area contributed by atoms with Crippen molar-refractivity contribution in [2.45, 2.75) is 57.1 Å². The van der Waals surface area contributed by atoms with Crippen LogP contribution in [-0.2, 0) is 22.4 Å². The molecular weight excluding hydrogens is 483 g/mol. The lowest BCUT2D eigenvalue weighted by atomic mass is 10.1. The summed E-state index contributed by atoms with van der Waals surface area (Å²) in [5.41, 5.74) is 1.23. The molecule has 176 valence electrons. The molecule has 2 heterocycles. The standard InChI is InChI=1S/C25H27Cl3N2O3/c26-19-7-4-18(5-8-19)6-10-21(15-30-13-12-29-17-30)32-25-3-1-2-22(33-25)16-31-24-11-9-20(27)14-23(24)28/h4-5,7-9,11-14,17,21-22,25H,1-3,6,10,15-16H2. The van der Waals surface area contributed by atoms with Gasteiger partial charge in [-0.1, -0.05) is 46.9 Å². The van der Waals surface area contributed by atoms with Gasteiger partial charge in [0, 0.05) is 29.0 Å². The van der Waals surface area contributed by atoms with Crippen LogP contribution in [0.1, 0.15) is 31.2 Å². The van der Waals surface area contributed by atoms with Gasteiger partial charge in [0.05, 0.1) is 23.6 Å².